The van der Waals surface area contributed by atoms with Gasteiger partial charge in [0.2, 0.25) is 0 Å². The van der Waals surface area contributed by atoms with E-state index in [4.69, 9.17) is 5.73 Å². The molecule has 0 radical (unpaired) electrons. The van der Waals surface area contributed by atoms with Gasteiger partial charge >= 0.3 is 6.03 Å². The van der Waals surface area contributed by atoms with Gasteiger partial charge in [0.15, 0.2) is 0 Å². The highest BCUT2D eigenvalue weighted by Gasteiger charge is 2.34. The normalized spacial score (nSPS) is 19.3. The largest absolute Gasteiger partial charge is 0.347 e. The molecule has 0 saturated heterocycles. The lowest BCUT2D eigenvalue weighted by Gasteiger charge is -2.28. The Morgan fingerprint density at radius 1 is 1.21 bits per heavy atom. The van der Waals surface area contributed by atoms with Crippen LogP contribution in [0.3, 0.4) is 0 Å². The number of benzene rings is 1. The summed E-state index contributed by atoms with van der Waals surface area (Å²) >= 11 is 1.26. The highest BCUT2D eigenvalue weighted by molar-refractivity contribution is 7.21. The molecule has 3 amide bonds. The van der Waals surface area contributed by atoms with Crippen molar-refractivity contribution >= 4 is 50.6 Å². The Kier molecular flexibility index (Phi) is 4.96. The predicted molar refractivity (Wildman–Crippen MR) is 131 cm³/mol. The molecule has 4 N–H and O–H groups in total. The number of anilines is 3. The van der Waals surface area contributed by atoms with Gasteiger partial charge < -0.3 is 16.4 Å². The molecule has 4 heterocycles. The van der Waals surface area contributed by atoms with E-state index in [0.717, 1.165) is 30.2 Å². The van der Waals surface area contributed by atoms with Gasteiger partial charge in [-0.05, 0) is 31.4 Å². The van der Waals surface area contributed by atoms with Crippen LogP contribution in [0.1, 0.15) is 28.9 Å². The standard InChI is InChI=1S/C24H21N7O2S/c25-15-7-4-8-16(15)28-22(32)21-20-19-18(9-10-26-23(19)34-21)31(24(33)29-20)14-11-17(30-27-12-14)13-5-2-1-3-6-13/h1-3,5-6,9-12,15-16H,4,7-8,25H2,(H,28,32)(H,29,33). The Balaban J connectivity index is 1.41. The molecule has 1 aliphatic heterocycles. The first-order valence-electron chi connectivity index (χ1n) is 11.1. The molecule has 9 nitrogen and oxygen atoms in total. The van der Waals surface area contributed by atoms with Gasteiger partial charge in [0, 0.05) is 23.8 Å². The number of aromatic nitrogens is 3. The van der Waals surface area contributed by atoms with Gasteiger partial charge in [0.1, 0.15) is 9.71 Å². The Bertz CT molecular complexity index is 1420. The fourth-order valence-corrected chi connectivity index (χ4v) is 5.65. The molecule has 4 aromatic rings. The van der Waals surface area contributed by atoms with Crippen LogP contribution in [0.15, 0.2) is 54.9 Å². The molecule has 0 bridgehead atoms. The lowest BCUT2D eigenvalue weighted by Crippen LogP contribution is -2.44. The molecule has 6 rings (SSSR count). The van der Waals surface area contributed by atoms with E-state index >= 15 is 0 Å². The molecule has 1 aromatic carbocycles. The number of hydrogen-bond donors (Lipinski definition) is 3. The van der Waals surface area contributed by atoms with Crippen LogP contribution in [0.4, 0.5) is 21.9 Å². The molecule has 2 atom stereocenters. The summed E-state index contributed by atoms with van der Waals surface area (Å²) in [7, 11) is 0. The number of carbonyl (C=O) groups excluding carboxylic acids is 2. The SMILES string of the molecule is NC1CCCC1NC(=O)c1sc2nccc3c2c1NC(=O)N3c1cnnc(-c2ccccc2)c1. The van der Waals surface area contributed by atoms with Crippen LogP contribution in [-0.2, 0) is 0 Å². The zero-order valence-corrected chi connectivity index (χ0v) is 18.9. The maximum Gasteiger partial charge on any atom is 0.331 e. The van der Waals surface area contributed by atoms with Crippen molar-refractivity contribution in [2.24, 2.45) is 5.73 Å². The minimum Gasteiger partial charge on any atom is -0.347 e. The number of nitrogens with two attached hydrogens (primary N) is 1. The maximum absolute atomic E-state index is 13.3. The summed E-state index contributed by atoms with van der Waals surface area (Å²) in [5.74, 6) is -0.239. The van der Waals surface area contributed by atoms with Gasteiger partial charge in [-0.3, -0.25) is 9.69 Å². The monoisotopic (exact) mass is 471 g/mol. The first kappa shape index (κ1) is 20.7. The lowest BCUT2D eigenvalue weighted by atomic mass is 10.1. The average Bonchev–Trinajstić information content (AvgIpc) is 3.44. The summed E-state index contributed by atoms with van der Waals surface area (Å²) in [5.41, 5.74) is 9.38. The Labute approximate surface area is 199 Å². The van der Waals surface area contributed by atoms with Crippen molar-refractivity contribution in [1.29, 1.82) is 0 Å². The van der Waals surface area contributed by atoms with Gasteiger partial charge in [0.25, 0.3) is 5.91 Å². The lowest BCUT2D eigenvalue weighted by molar-refractivity contribution is 0.0939. The van der Waals surface area contributed by atoms with Crippen LogP contribution in [0.2, 0.25) is 0 Å². The van der Waals surface area contributed by atoms with E-state index in [2.05, 4.69) is 25.8 Å². The van der Waals surface area contributed by atoms with E-state index < -0.39 is 0 Å². The second kappa shape index (κ2) is 8.15. The third kappa shape index (κ3) is 3.39. The van der Waals surface area contributed by atoms with E-state index in [1.54, 1.807) is 23.4 Å². The second-order valence-electron chi connectivity index (χ2n) is 8.42. The van der Waals surface area contributed by atoms with Crippen LogP contribution >= 0.6 is 11.3 Å². The van der Waals surface area contributed by atoms with E-state index in [1.807, 2.05) is 36.4 Å². The summed E-state index contributed by atoms with van der Waals surface area (Å²) in [6, 6.07) is 12.8. The summed E-state index contributed by atoms with van der Waals surface area (Å²) in [6.07, 6.45) is 5.94. The molecule has 3 aromatic heterocycles. The number of amides is 3. The highest BCUT2D eigenvalue weighted by atomic mass is 32.1. The number of hydrogen-bond acceptors (Lipinski definition) is 7. The van der Waals surface area contributed by atoms with E-state index in [-0.39, 0.29) is 24.0 Å². The number of carbonyl (C=O) groups is 2. The molecule has 1 aliphatic carbocycles. The molecular weight excluding hydrogens is 450 g/mol. The van der Waals surface area contributed by atoms with E-state index in [0.29, 0.717) is 32.5 Å². The third-order valence-electron chi connectivity index (χ3n) is 6.31. The molecule has 34 heavy (non-hydrogen) atoms. The molecule has 1 fully saturated rings. The fraction of sp³-hybridized carbons (Fsp3) is 0.208. The van der Waals surface area contributed by atoms with Crippen LogP contribution in [0.5, 0.6) is 0 Å². The maximum atomic E-state index is 13.3. The van der Waals surface area contributed by atoms with Crippen molar-refractivity contribution in [1.82, 2.24) is 20.5 Å². The summed E-state index contributed by atoms with van der Waals surface area (Å²) in [5, 5.41) is 15.0. The van der Waals surface area contributed by atoms with E-state index in [1.165, 1.54) is 11.3 Å². The van der Waals surface area contributed by atoms with Crippen molar-refractivity contribution in [3.05, 3.63) is 59.7 Å². The van der Waals surface area contributed by atoms with Gasteiger partial charge in [-0.2, -0.15) is 10.2 Å². The Morgan fingerprint density at radius 2 is 2.06 bits per heavy atom. The Hall–Kier alpha value is -3.89. The van der Waals surface area contributed by atoms with Crippen molar-refractivity contribution in [2.75, 3.05) is 10.2 Å². The van der Waals surface area contributed by atoms with E-state index in [9.17, 15) is 9.59 Å². The van der Waals surface area contributed by atoms with Crippen molar-refractivity contribution in [3.63, 3.8) is 0 Å². The molecule has 2 aliphatic rings. The molecule has 1 saturated carbocycles. The summed E-state index contributed by atoms with van der Waals surface area (Å²) in [4.78, 5) is 33.5. The zero-order chi connectivity index (χ0) is 23.2. The van der Waals surface area contributed by atoms with Crippen molar-refractivity contribution in [2.45, 2.75) is 31.3 Å². The minimum absolute atomic E-state index is 0.0496. The Morgan fingerprint density at radius 3 is 2.85 bits per heavy atom. The fourth-order valence-electron chi connectivity index (χ4n) is 4.63. The van der Waals surface area contributed by atoms with Crippen molar-refractivity contribution < 1.29 is 9.59 Å². The molecule has 2 unspecified atom stereocenters. The van der Waals surface area contributed by atoms with Crippen molar-refractivity contribution in [3.8, 4) is 11.3 Å². The molecule has 170 valence electrons. The molecular formula is C24H21N7O2S. The zero-order valence-electron chi connectivity index (χ0n) is 18.1. The number of thiophene rings is 1. The quantitative estimate of drug-likeness (QED) is 0.412. The average molecular weight is 472 g/mol. The summed E-state index contributed by atoms with van der Waals surface area (Å²) < 4.78 is 0. The van der Waals surface area contributed by atoms with Crippen LogP contribution < -0.4 is 21.3 Å². The molecule has 0 spiro atoms. The number of pyridine rings is 1. The number of nitrogens with zero attached hydrogens (tertiary/aromatic N) is 4. The highest BCUT2D eigenvalue weighted by Crippen LogP contribution is 2.45. The van der Waals surface area contributed by atoms with Crippen LogP contribution in [0, 0.1) is 0 Å². The number of urea groups is 1. The third-order valence-corrected chi connectivity index (χ3v) is 7.40. The first-order chi connectivity index (χ1) is 16.6. The molecule has 10 heteroatoms. The smallest absolute Gasteiger partial charge is 0.331 e. The number of rotatable bonds is 4. The summed E-state index contributed by atoms with van der Waals surface area (Å²) in [6.45, 7) is 0. The van der Waals surface area contributed by atoms with Gasteiger partial charge in [-0.25, -0.2) is 9.78 Å². The first-order valence-corrected chi connectivity index (χ1v) is 11.9. The van der Waals surface area contributed by atoms with Crippen LogP contribution in [-0.4, -0.2) is 39.2 Å². The van der Waals surface area contributed by atoms with Gasteiger partial charge in [0.05, 0.1) is 34.3 Å². The number of nitrogens with one attached hydrogen (secondary N) is 2. The minimum atomic E-state index is -0.378. The van der Waals surface area contributed by atoms with Crippen LogP contribution in [0.25, 0.3) is 21.5 Å². The van der Waals surface area contributed by atoms with Gasteiger partial charge in [-0.15, -0.1) is 11.3 Å². The predicted octanol–water partition coefficient (Wildman–Crippen LogP) is 4.05. The topological polar surface area (TPSA) is 126 Å². The van der Waals surface area contributed by atoms with Gasteiger partial charge in [-0.1, -0.05) is 30.3 Å². The second-order valence-corrected chi connectivity index (χ2v) is 9.42.